The fourth-order valence-electron chi connectivity index (χ4n) is 1.57. The van der Waals surface area contributed by atoms with Gasteiger partial charge in [-0.05, 0) is 24.1 Å². The Morgan fingerprint density at radius 3 is 2.83 bits per heavy atom. The number of rotatable bonds is 6. The number of hydrogen-bond donors (Lipinski definition) is 2. The highest BCUT2D eigenvalue weighted by molar-refractivity contribution is 7.89. The van der Waals surface area contributed by atoms with Crippen LogP contribution in [0, 0.1) is 0 Å². The van der Waals surface area contributed by atoms with Crippen LogP contribution in [0.1, 0.15) is 12.0 Å². The summed E-state index contributed by atoms with van der Waals surface area (Å²) < 4.78 is 35.9. The molecule has 1 aromatic rings. The fourth-order valence-corrected chi connectivity index (χ4v) is 2.61. The summed E-state index contributed by atoms with van der Waals surface area (Å²) in [7, 11) is -3.34. The van der Waals surface area contributed by atoms with E-state index in [2.05, 4.69) is 4.72 Å². The van der Waals surface area contributed by atoms with Gasteiger partial charge in [0.1, 0.15) is 0 Å². The Bertz CT molecular complexity index is 514. The van der Waals surface area contributed by atoms with Gasteiger partial charge in [-0.25, -0.2) is 13.1 Å². The second kappa shape index (κ2) is 5.55. The smallest absolute Gasteiger partial charge is 0.231 e. The zero-order chi connectivity index (χ0) is 13.0. The van der Waals surface area contributed by atoms with Crippen LogP contribution in [0.15, 0.2) is 18.2 Å². The van der Waals surface area contributed by atoms with Gasteiger partial charge < -0.3 is 14.6 Å². The molecule has 1 aromatic carbocycles. The van der Waals surface area contributed by atoms with Gasteiger partial charge in [0.15, 0.2) is 11.5 Å². The van der Waals surface area contributed by atoms with E-state index in [0.717, 1.165) is 5.56 Å². The van der Waals surface area contributed by atoms with Crippen LogP contribution in [0.2, 0.25) is 0 Å². The van der Waals surface area contributed by atoms with E-state index in [-0.39, 0.29) is 32.1 Å². The van der Waals surface area contributed by atoms with Crippen LogP contribution < -0.4 is 14.2 Å². The third-order valence-corrected chi connectivity index (χ3v) is 3.91. The van der Waals surface area contributed by atoms with Crippen molar-refractivity contribution in [1.29, 1.82) is 0 Å². The molecule has 0 atom stereocenters. The van der Waals surface area contributed by atoms with Gasteiger partial charge in [0, 0.05) is 13.2 Å². The normalized spacial score (nSPS) is 13.8. The molecule has 0 aliphatic carbocycles. The Morgan fingerprint density at radius 1 is 1.28 bits per heavy atom. The summed E-state index contributed by atoms with van der Waals surface area (Å²) in [5.41, 5.74) is 0.798. The Balaban J connectivity index is 1.94. The van der Waals surface area contributed by atoms with Gasteiger partial charge >= 0.3 is 0 Å². The molecule has 0 amide bonds. The molecule has 0 unspecified atom stereocenters. The van der Waals surface area contributed by atoms with E-state index in [0.29, 0.717) is 11.5 Å². The van der Waals surface area contributed by atoms with Crippen molar-refractivity contribution in [1.82, 2.24) is 4.72 Å². The molecule has 6 nitrogen and oxygen atoms in total. The lowest BCUT2D eigenvalue weighted by molar-refractivity contribution is 0.174. The molecular formula is C11H15NO5S. The minimum atomic E-state index is -3.34. The third kappa shape index (κ3) is 3.34. The fraction of sp³-hybridized carbons (Fsp3) is 0.455. The highest BCUT2D eigenvalue weighted by Crippen LogP contribution is 2.32. The van der Waals surface area contributed by atoms with Crippen molar-refractivity contribution < 1.29 is 23.0 Å². The maximum atomic E-state index is 11.5. The summed E-state index contributed by atoms with van der Waals surface area (Å²) in [5, 5.41) is 8.60. The first-order valence-corrected chi connectivity index (χ1v) is 7.23. The molecule has 0 saturated carbocycles. The maximum Gasteiger partial charge on any atom is 0.231 e. The average Bonchev–Trinajstić information content (AvgIpc) is 2.81. The number of hydrogen-bond acceptors (Lipinski definition) is 5. The van der Waals surface area contributed by atoms with Crippen LogP contribution in [0.4, 0.5) is 0 Å². The zero-order valence-corrected chi connectivity index (χ0v) is 10.6. The lowest BCUT2D eigenvalue weighted by atomic mass is 10.2. The van der Waals surface area contributed by atoms with Gasteiger partial charge in [-0.3, -0.25) is 0 Å². The minimum Gasteiger partial charge on any atom is -0.454 e. The molecular weight excluding hydrogens is 258 g/mol. The summed E-state index contributed by atoms with van der Waals surface area (Å²) in [4.78, 5) is 0. The molecule has 1 aliphatic heterocycles. The van der Waals surface area contributed by atoms with E-state index in [1.54, 1.807) is 18.2 Å². The average molecular weight is 273 g/mol. The van der Waals surface area contributed by atoms with Crippen molar-refractivity contribution in [3.05, 3.63) is 23.8 Å². The van der Waals surface area contributed by atoms with Gasteiger partial charge in [-0.1, -0.05) is 6.07 Å². The quantitative estimate of drug-likeness (QED) is 0.774. The molecule has 1 aliphatic rings. The highest BCUT2D eigenvalue weighted by atomic mass is 32.2. The number of aliphatic hydroxyl groups excluding tert-OH is 1. The number of ether oxygens (including phenoxy) is 2. The first-order valence-electron chi connectivity index (χ1n) is 5.57. The molecule has 2 rings (SSSR count). The lowest BCUT2D eigenvalue weighted by Crippen LogP contribution is -2.26. The first kappa shape index (κ1) is 13.1. The largest absolute Gasteiger partial charge is 0.454 e. The maximum absolute atomic E-state index is 11.5. The van der Waals surface area contributed by atoms with Crippen LogP contribution in [-0.4, -0.2) is 32.7 Å². The molecule has 2 N–H and O–H groups in total. The summed E-state index contributed by atoms with van der Waals surface area (Å²) in [6.45, 7) is 0.260. The van der Waals surface area contributed by atoms with E-state index < -0.39 is 10.0 Å². The summed E-state index contributed by atoms with van der Waals surface area (Å²) in [5.74, 6) is 1.22. The number of benzene rings is 1. The zero-order valence-electron chi connectivity index (χ0n) is 9.76. The van der Waals surface area contributed by atoms with Crippen LogP contribution in [0.3, 0.4) is 0 Å². The van der Waals surface area contributed by atoms with Crippen LogP contribution in [0.25, 0.3) is 0 Å². The Morgan fingerprint density at radius 2 is 2.06 bits per heavy atom. The number of sulfonamides is 1. The van der Waals surface area contributed by atoms with Crippen molar-refractivity contribution in [2.24, 2.45) is 0 Å². The molecule has 0 fully saturated rings. The third-order valence-electron chi connectivity index (χ3n) is 2.50. The molecule has 0 aromatic heterocycles. The van der Waals surface area contributed by atoms with Crippen LogP contribution in [-0.2, 0) is 16.6 Å². The molecule has 18 heavy (non-hydrogen) atoms. The van der Waals surface area contributed by atoms with E-state index >= 15 is 0 Å². The van der Waals surface area contributed by atoms with Crippen molar-refractivity contribution in [3.8, 4) is 11.5 Å². The topological polar surface area (TPSA) is 84.9 Å². The Labute approximate surface area is 106 Å². The summed E-state index contributed by atoms with van der Waals surface area (Å²) >= 11 is 0. The molecule has 100 valence electrons. The number of aliphatic hydroxyl groups is 1. The minimum absolute atomic E-state index is 0.0753. The highest BCUT2D eigenvalue weighted by Gasteiger charge is 2.14. The summed E-state index contributed by atoms with van der Waals surface area (Å²) in [6.07, 6.45) is 0.233. The van der Waals surface area contributed by atoms with Crippen molar-refractivity contribution >= 4 is 10.0 Å². The van der Waals surface area contributed by atoms with E-state index in [1.807, 2.05) is 0 Å². The molecule has 0 spiro atoms. The first-order chi connectivity index (χ1) is 8.61. The number of fused-ring (bicyclic) bond motifs is 1. The van der Waals surface area contributed by atoms with Crippen molar-refractivity contribution in [2.75, 3.05) is 19.2 Å². The van der Waals surface area contributed by atoms with E-state index in [1.165, 1.54) is 0 Å². The predicted octanol–water partition coefficient (Wildman–Crippen LogP) is 0.217. The second-order valence-corrected chi connectivity index (χ2v) is 5.83. The molecule has 0 saturated heterocycles. The van der Waals surface area contributed by atoms with Crippen LogP contribution in [0.5, 0.6) is 11.5 Å². The standard InChI is InChI=1S/C11H15NO5S/c13-4-1-5-18(14,15)12-7-9-2-3-10-11(6-9)17-8-16-10/h2-3,6,12-13H,1,4-5,7-8H2. The second-order valence-electron chi connectivity index (χ2n) is 3.90. The SMILES string of the molecule is O=S(=O)(CCCO)NCc1ccc2c(c1)OCO2. The van der Waals surface area contributed by atoms with Crippen molar-refractivity contribution in [3.63, 3.8) is 0 Å². The van der Waals surface area contributed by atoms with Crippen molar-refractivity contribution in [2.45, 2.75) is 13.0 Å². The Hall–Kier alpha value is -1.31. The Kier molecular flexibility index (Phi) is 4.05. The summed E-state index contributed by atoms with van der Waals surface area (Å²) in [6, 6.07) is 5.28. The molecule has 1 heterocycles. The van der Waals surface area contributed by atoms with Gasteiger partial charge in [0.25, 0.3) is 0 Å². The van der Waals surface area contributed by atoms with Gasteiger partial charge in [0.2, 0.25) is 16.8 Å². The lowest BCUT2D eigenvalue weighted by Gasteiger charge is -2.06. The predicted molar refractivity (Wildman–Crippen MR) is 64.9 cm³/mol. The molecule has 0 radical (unpaired) electrons. The van der Waals surface area contributed by atoms with Crippen LogP contribution >= 0.6 is 0 Å². The number of nitrogens with one attached hydrogen (secondary N) is 1. The van der Waals surface area contributed by atoms with Gasteiger partial charge in [-0.15, -0.1) is 0 Å². The van der Waals surface area contributed by atoms with Gasteiger partial charge in [0.05, 0.1) is 5.75 Å². The monoisotopic (exact) mass is 273 g/mol. The van der Waals surface area contributed by atoms with E-state index in [4.69, 9.17) is 14.6 Å². The molecule has 0 bridgehead atoms. The van der Waals surface area contributed by atoms with E-state index in [9.17, 15) is 8.42 Å². The molecule has 7 heteroatoms. The van der Waals surface area contributed by atoms with Gasteiger partial charge in [-0.2, -0.15) is 0 Å².